The minimum Gasteiger partial charge on any atom is -0.464 e. The predicted molar refractivity (Wildman–Crippen MR) is 245 cm³/mol. The highest BCUT2D eigenvalue weighted by molar-refractivity contribution is 7.10. The minimum atomic E-state index is -1.04. The normalized spacial score (nSPS) is 21.6. The molecule has 1 unspecified atom stereocenters. The van der Waals surface area contributed by atoms with E-state index in [1.807, 2.05) is 31.5 Å². The first-order valence-corrected chi connectivity index (χ1v) is 23.4. The monoisotopic (exact) mass is 877 g/mol. The number of fused-ring (bicyclic) bond motifs is 6. The second kappa shape index (κ2) is 18.9. The molecular weight excluding hydrogens is 815 g/mol. The molecule has 14 heteroatoms. The first-order chi connectivity index (χ1) is 30.0. The molecule has 3 aliphatic rings. The third-order valence-electron chi connectivity index (χ3n) is 13.0. The number of likely N-dealkylation sites (tertiary alicyclic amines) is 1. The maximum absolute atomic E-state index is 14.6. The fourth-order valence-electron chi connectivity index (χ4n) is 9.83. The number of pyridine rings is 1. The number of nitrogens with zero attached hydrogens (tertiary/aromatic N) is 5. The molecule has 0 radical (unpaired) electrons. The summed E-state index contributed by atoms with van der Waals surface area (Å²) in [6.45, 7) is 21.8. The maximum Gasteiger partial charge on any atom is 0.324 e. The summed E-state index contributed by atoms with van der Waals surface area (Å²) in [4.78, 5) is 80.6. The van der Waals surface area contributed by atoms with Crippen LogP contribution >= 0.6 is 11.3 Å². The van der Waals surface area contributed by atoms with Crippen molar-refractivity contribution in [1.29, 1.82) is 0 Å². The summed E-state index contributed by atoms with van der Waals surface area (Å²) in [5.74, 6) is -3.36. The maximum atomic E-state index is 14.6. The van der Waals surface area contributed by atoms with Crippen LogP contribution in [0, 0.1) is 29.1 Å². The summed E-state index contributed by atoms with van der Waals surface area (Å²) >= 11 is 1.43. The zero-order valence-corrected chi connectivity index (χ0v) is 38.8. The van der Waals surface area contributed by atoms with Crippen LogP contribution in [0.3, 0.4) is 0 Å². The van der Waals surface area contributed by atoms with Crippen molar-refractivity contribution in [3.05, 3.63) is 70.8 Å². The third kappa shape index (κ3) is 9.52. The van der Waals surface area contributed by atoms with Gasteiger partial charge in [0.05, 0.1) is 28.7 Å². The molecule has 7 rings (SSSR count). The van der Waals surface area contributed by atoms with Crippen LogP contribution in [0.25, 0.3) is 33.4 Å². The summed E-state index contributed by atoms with van der Waals surface area (Å²) in [5, 5.41) is 8.24. The average Bonchev–Trinajstić information content (AvgIpc) is 4.02. The zero-order valence-electron chi connectivity index (χ0n) is 38.0. The van der Waals surface area contributed by atoms with Crippen LogP contribution in [-0.2, 0) is 48.1 Å². The number of hydrogen-bond donors (Lipinski definition) is 2. The van der Waals surface area contributed by atoms with Gasteiger partial charge in [0.2, 0.25) is 11.8 Å². The van der Waals surface area contributed by atoms with Gasteiger partial charge in [0.1, 0.15) is 17.9 Å². The molecule has 0 spiro atoms. The lowest BCUT2D eigenvalue weighted by Crippen LogP contribution is -2.61. The number of thiazole rings is 1. The molecule has 3 aliphatic heterocycles. The smallest absolute Gasteiger partial charge is 0.324 e. The van der Waals surface area contributed by atoms with Crippen LogP contribution < -0.4 is 10.7 Å². The first-order valence-electron chi connectivity index (χ1n) is 22.6. The second-order valence-corrected chi connectivity index (χ2v) is 19.9. The fraction of sp³-hybridized carbons (Fsp3) is 0.531. The summed E-state index contributed by atoms with van der Waals surface area (Å²) in [6.07, 6.45) is 5.39. The van der Waals surface area contributed by atoms with Gasteiger partial charge >= 0.3 is 5.97 Å². The Labute approximate surface area is 375 Å². The standard InChI is InChI=1S/C49H63N7O6S/c1-10-41(57)54-21-18-32(25-54)45(58)30(7)42(28(3)4)46(59)52-37-23-40-51-38(26-63-40)31-16-17-39-34(22-31)35(44(55(39)11-2)33-14-12-19-50-43(33)29(5)6)24-49(8,9)27-62-48(61)36-15-13-20-56(53-36)47(37)60/h10,12,14,16-17,19,22,26,28-30,32,36-37,42,53H,1,11,13,15,18,20-21,23-25,27H2,2-9H3,(H,52,59)/t30?,32-,36-,37-,42+/m0/s1. The van der Waals surface area contributed by atoms with Crippen molar-refractivity contribution in [2.45, 2.75) is 112 Å². The van der Waals surface area contributed by atoms with Crippen LogP contribution in [0.2, 0.25) is 0 Å². The summed E-state index contributed by atoms with van der Waals surface area (Å²) in [5.41, 5.74) is 9.82. The quantitative estimate of drug-likeness (QED) is 0.125. The van der Waals surface area contributed by atoms with Gasteiger partial charge in [-0.3, -0.25) is 34.0 Å². The molecule has 13 nitrogen and oxygen atoms in total. The Morgan fingerprint density at radius 2 is 1.87 bits per heavy atom. The van der Waals surface area contributed by atoms with Crippen LogP contribution in [0.1, 0.15) is 96.8 Å². The number of aryl methyl sites for hydroxylation is 1. The van der Waals surface area contributed by atoms with Gasteiger partial charge in [-0.2, -0.15) is 0 Å². The van der Waals surface area contributed by atoms with E-state index in [1.165, 1.54) is 22.4 Å². The molecule has 336 valence electrons. The summed E-state index contributed by atoms with van der Waals surface area (Å²) in [7, 11) is 0. The van der Waals surface area contributed by atoms with Gasteiger partial charge in [0.25, 0.3) is 5.91 Å². The van der Waals surface area contributed by atoms with Gasteiger partial charge in [-0.25, -0.2) is 10.4 Å². The Bertz CT molecular complexity index is 2400. The zero-order chi connectivity index (χ0) is 45.3. The Morgan fingerprint density at radius 1 is 1.10 bits per heavy atom. The van der Waals surface area contributed by atoms with E-state index in [2.05, 4.69) is 80.8 Å². The fourth-order valence-corrected chi connectivity index (χ4v) is 10.7. The molecule has 3 aromatic heterocycles. The van der Waals surface area contributed by atoms with E-state index in [-0.39, 0.29) is 42.5 Å². The van der Waals surface area contributed by atoms with Gasteiger partial charge in [-0.15, -0.1) is 11.3 Å². The molecule has 2 N–H and O–H groups in total. The minimum absolute atomic E-state index is 0.0756. The number of carbonyl (C=O) groups excluding carboxylic acids is 5. The van der Waals surface area contributed by atoms with Crippen molar-refractivity contribution in [2.75, 3.05) is 26.2 Å². The number of amides is 3. The van der Waals surface area contributed by atoms with E-state index >= 15 is 0 Å². The van der Waals surface area contributed by atoms with E-state index in [0.717, 1.165) is 51.2 Å². The van der Waals surface area contributed by atoms with Gasteiger partial charge in [0.15, 0.2) is 0 Å². The molecule has 2 fully saturated rings. The van der Waals surface area contributed by atoms with E-state index in [0.29, 0.717) is 50.3 Å². The van der Waals surface area contributed by atoms with Gasteiger partial charge in [0, 0.05) is 89.4 Å². The van der Waals surface area contributed by atoms with Crippen molar-refractivity contribution in [3.63, 3.8) is 0 Å². The Morgan fingerprint density at radius 3 is 2.59 bits per heavy atom. The van der Waals surface area contributed by atoms with Crippen LogP contribution in [0.4, 0.5) is 0 Å². The number of carbonyl (C=O) groups is 5. The Hall–Kier alpha value is -5.21. The molecule has 0 aliphatic carbocycles. The van der Waals surface area contributed by atoms with Crippen LogP contribution in [-0.4, -0.2) is 92.2 Å². The highest BCUT2D eigenvalue weighted by atomic mass is 32.1. The molecule has 63 heavy (non-hydrogen) atoms. The lowest BCUT2D eigenvalue weighted by molar-refractivity contribution is -0.155. The van der Waals surface area contributed by atoms with E-state index in [9.17, 15) is 24.0 Å². The number of benzene rings is 1. The molecule has 3 amide bonds. The molecule has 1 aromatic carbocycles. The number of cyclic esters (lactones) is 1. The molecular formula is C49H63N7O6S. The van der Waals surface area contributed by atoms with Gasteiger partial charge < -0.3 is 19.5 Å². The Balaban J connectivity index is 1.26. The van der Waals surface area contributed by atoms with Gasteiger partial charge in [-0.05, 0) is 80.3 Å². The number of aromatic nitrogens is 3. The average molecular weight is 878 g/mol. The molecule has 6 bridgehead atoms. The summed E-state index contributed by atoms with van der Waals surface area (Å²) in [6, 6.07) is 8.78. The molecule has 2 saturated heterocycles. The number of hydrazine groups is 1. The highest BCUT2D eigenvalue weighted by Gasteiger charge is 2.41. The van der Waals surface area contributed by atoms with Crippen molar-refractivity contribution < 1.29 is 28.7 Å². The number of esters is 1. The number of ketones is 1. The highest BCUT2D eigenvalue weighted by Crippen LogP contribution is 2.42. The van der Waals surface area contributed by atoms with Crippen LogP contribution in [0.15, 0.2) is 54.6 Å². The molecule has 5 atom stereocenters. The van der Waals surface area contributed by atoms with E-state index < -0.39 is 47.1 Å². The van der Waals surface area contributed by atoms with E-state index in [4.69, 9.17) is 14.7 Å². The lowest BCUT2D eigenvalue weighted by atomic mass is 9.77. The molecule has 4 aromatic rings. The van der Waals surface area contributed by atoms with Gasteiger partial charge in [-0.1, -0.05) is 61.1 Å². The number of nitrogens with one attached hydrogen (secondary N) is 2. The number of Topliss-reactive ketones (excluding diaryl/α,β-unsaturated/α-hetero) is 1. The predicted octanol–water partition coefficient (Wildman–Crippen LogP) is 7.13. The van der Waals surface area contributed by atoms with Crippen LogP contribution in [0.5, 0.6) is 0 Å². The van der Waals surface area contributed by atoms with Crippen molar-refractivity contribution >= 4 is 51.7 Å². The first kappa shape index (κ1) is 45.8. The number of hydrogen-bond acceptors (Lipinski definition) is 10. The van der Waals surface area contributed by atoms with Crippen molar-refractivity contribution in [2.24, 2.45) is 29.1 Å². The number of rotatable bonds is 10. The third-order valence-corrected chi connectivity index (χ3v) is 13.9. The SMILES string of the molecule is C=CC(=O)N1CC[C@H](C(=O)C(C)[C@H](C(=O)N[C@H]2Cc3nc(cs3)-c3ccc4c(c3)c(c(-c3cccnc3C(C)C)n4CC)CC(C)(C)COC(=O)[C@@H]3CCCN(N3)C2=O)C(C)C)C1. The molecule has 6 heterocycles. The Kier molecular flexibility index (Phi) is 13.7. The number of ether oxygens (including phenoxy) is 1. The van der Waals surface area contributed by atoms with Crippen molar-refractivity contribution in [1.82, 2.24) is 35.2 Å². The summed E-state index contributed by atoms with van der Waals surface area (Å²) < 4.78 is 8.47. The second-order valence-electron chi connectivity index (χ2n) is 19.0. The largest absolute Gasteiger partial charge is 0.464 e. The van der Waals surface area contributed by atoms with E-state index in [1.54, 1.807) is 11.8 Å². The lowest BCUT2D eigenvalue weighted by Gasteiger charge is -2.36. The topological polar surface area (TPSA) is 156 Å². The van der Waals surface area contributed by atoms with Crippen molar-refractivity contribution in [3.8, 4) is 22.5 Å². The molecule has 0 saturated carbocycles.